The van der Waals surface area contributed by atoms with Crippen molar-refractivity contribution in [1.82, 2.24) is 19.3 Å². The van der Waals surface area contributed by atoms with Crippen molar-refractivity contribution in [3.63, 3.8) is 0 Å². The summed E-state index contributed by atoms with van der Waals surface area (Å²) in [6, 6.07) is 16.3. The van der Waals surface area contributed by atoms with Crippen molar-refractivity contribution in [3.8, 4) is 11.3 Å². The molecule has 200 valence electrons. The number of aliphatic hydroxyl groups excluding tert-OH is 1. The maximum Gasteiger partial charge on any atom is 0.389 e. The normalized spacial score (nSPS) is 12.6. The summed E-state index contributed by atoms with van der Waals surface area (Å²) >= 11 is 0. The lowest BCUT2D eigenvalue weighted by molar-refractivity contribution is -0.135. The highest BCUT2D eigenvalue weighted by molar-refractivity contribution is 5.78. The number of rotatable bonds is 10. The number of benzene rings is 2. The SMILES string of the molecule is Cc1ccc(-c2cn3c(=O)c(CC(=O)N[C@H](CO)Cc4ccccc4)cn(CCCC(F)(F)F)c3n2)cc1. The molecular weight excluding hydrogens is 497 g/mol. The van der Waals surface area contributed by atoms with Crippen molar-refractivity contribution in [2.75, 3.05) is 6.61 Å². The van der Waals surface area contributed by atoms with Gasteiger partial charge < -0.3 is 15.0 Å². The molecule has 0 bridgehead atoms. The number of alkyl halides is 3. The number of aromatic nitrogens is 3. The number of aryl methyl sites for hydroxylation is 2. The predicted molar refractivity (Wildman–Crippen MR) is 138 cm³/mol. The maximum atomic E-state index is 13.3. The van der Waals surface area contributed by atoms with Crippen molar-refractivity contribution in [2.45, 2.75) is 51.4 Å². The molecule has 0 saturated carbocycles. The summed E-state index contributed by atoms with van der Waals surface area (Å²) in [5.74, 6) is -0.272. The van der Waals surface area contributed by atoms with Crippen LogP contribution in [0.25, 0.3) is 17.0 Å². The topological polar surface area (TPSA) is 88.6 Å². The van der Waals surface area contributed by atoms with Crippen molar-refractivity contribution >= 4 is 11.7 Å². The molecule has 2 aromatic carbocycles. The number of nitrogens with zero attached hydrogens (tertiary/aromatic N) is 3. The van der Waals surface area contributed by atoms with Crippen LogP contribution in [0.2, 0.25) is 0 Å². The number of aliphatic hydroxyl groups is 1. The van der Waals surface area contributed by atoms with Gasteiger partial charge in [-0.1, -0.05) is 60.2 Å². The zero-order chi connectivity index (χ0) is 27.3. The molecule has 2 N–H and O–H groups in total. The first-order valence-electron chi connectivity index (χ1n) is 12.3. The Labute approximate surface area is 217 Å². The Morgan fingerprint density at radius 2 is 1.79 bits per heavy atom. The first kappa shape index (κ1) is 27.1. The number of carbonyl (C=O) groups excluding carboxylic acids is 1. The summed E-state index contributed by atoms with van der Waals surface area (Å²) in [5.41, 5.74) is 2.87. The lowest BCUT2D eigenvalue weighted by Crippen LogP contribution is -2.40. The van der Waals surface area contributed by atoms with Crippen molar-refractivity contribution in [3.05, 3.63) is 94.0 Å². The second-order valence-electron chi connectivity index (χ2n) is 9.35. The Kier molecular flexibility index (Phi) is 8.31. The number of imidazole rings is 1. The van der Waals surface area contributed by atoms with Crippen LogP contribution in [-0.4, -0.2) is 43.8 Å². The highest BCUT2D eigenvalue weighted by Gasteiger charge is 2.26. The van der Waals surface area contributed by atoms with Gasteiger partial charge in [0.25, 0.3) is 5.56 Å². The van der Waals surface area contributed by atoms with Gasteiger partial charge in [0.1, 0.15) is 0 Å². The number of hydrogen-bond donors (Lipinski definition) is 2. The van der Waals surface area contributed by atoms with Gasteiger partial charge in [-0.25, -0.2) is 4.98 Å². The number of hydrogen-bond acceptors (Lipinski definition) is 4. The molecule has 2 aromatic heterocycles. The van der Waals surface area contributed by atoms with Gasteiger partial charge in [-0.2, -0.15) is 13.2 Å². The Hall–Kier alpha value is -3.92. The van der Waals surface area contributed by atoms with Crippen molar-refractivity contribution in [2.24, 2.45) is 0 Å². The summed E-state index contributed by atoms with van der Waals surface area (Å²) in [4.78, 5) is 30.7. The highest BCUT2D eigenvalue weighted by atomic mass is 19.4. The Balaban J connectivity index is 1.62. The van der Waals surface area contributed by atoms with E-state index in [1.54, 1.807) is 0 Å². The summed E-state index contributed by atoms with van der Waals surface area (Å²) in [6.07, 6.45) is -2.43. The molecule has 2 heterocycles. The van der Waals surface area contributed by atoms with Gasteiger partial charge in [-0.05, 0) is 25.3 Å². The third kappa shape index (κ3) is 6.89. The predicted octanol–water partition coefficient (Wildman–Crippen LogP) is 4.08. The van der Waals surface area contributed by atoms with Crippen LogP contribution >= 0.6 is 0 Å². The van der Waals surface area contributed by atoms with E-state index in [0.29, 0.717) is 12.1 Å². The number of halogens is 3. The van der Waals surface area contributed by atoms with Gasteiger partial charge in [0.2, 0.25) is 11.7 Å². The standard InChI is InChI=1S/C28H29F3N4O3/c1-19-8-10-21(11-9-19)24-17-35-26(38)22(16-34(27(35)33-24)13-5-12-28(29,30)31)15-25(37)32-23(18-36)14-20-6-3-2-4-7-20/h2-4,6-11,16-17,23,36H,5,12-15,18H2,1H3,(H,32,37)/t23-/m0/s1. The summed E-state index contributed by atoms with van der Waals surface area (Å²) < 4.78 is 41.2. The molecular formula is C28H29F3N4O3. The zero-order valence-corrected chi connectivity index (χ0v) is 20.9. The average molecular weight is 527 g/mol. The van der Waals surface area contributed by atoms with Gasteiger partial charge in [-0.3, -0.25) is 14.0 Å². The number of nitrogens with one attached hydrogen (secondary N) is 1. The monoisotopic (exact) mass is 526 g/mol. The summed E-state index contributed by atoms with van der Waals surface area (Å²) in [6.45, 7) is 1.62. The van der Waals surface area contributed by atoms with Crippen LogP contribution in [0.1, 0.15) is 29.5 Å². The Bertz CT molecular complexity index is 1440. The van der Waals surface area contributed by atoms with Gasteiger partial charge in [0.05, 0.1) is 24.8 Å². The minimum absolute atomic E-state index is 0.0322. The van der Waals surface area contributed by atoms with Crippen LogP contribution in [0.4, 0.5) is 13.2 Å². The minimum Gasteiger partial charge on any atom is -0.394 e. The first-order chi connectivity index (χ1) is 18.1. The van der Waals surface area contributed by atoms with Gasteiger partial charge in [-0.15, -0.1) is 0 Å². The van der Waals surface area contributed by atoms with E-state index in [9.17, 15) is 27.9 Å². The lowest BCUT2D eigenvalue weighted by atomic mass is 10.1. The molecule has 0 aliphatic carbocycles. The van der Waals surface area contributed by atoms with E-state index in [1.165, 1.54) is 21.4 Å². The van der Waals surface area contributed by atoms with E-state index in [2.05, 4.69) is 10.3 Å². The van der Waals surface area contributed by atoms with E-state index in [1.807, 2.05) is 61.5 Å². The maximum absolute atomic E-state index is 13.3. The van der Waals surface area contributed by atoms with E-state index in [0.717, 1.165) is 16.7 Å². The molecule has 38 heavy (non-hydrogen) atoms. The van der Waals surface area contributed by atoms with Crippen LogP contribution in [-0.2, 0) is 24.2 Å². The lowest BCUT2D eigenvalue weighted by Gasteiger charge is -2.17. The second-order valence-corrected chi connectivity index (χ2v) is 9.35. The average Bonchev–Trinajstić information content (AvgIpc) is 3.33. The zero-order valence-electron chi connectivity index (χ0n) is 20.9. The summed E-state index contributed by atoms with van der Waals surface area (Å²) in [5, 5.41) is 12.5. The molecule has 7 nitrogen and oxygen atoms in total. The second kappa shape index (κ2) is 11.6. The fourth-order valence-electron chi connectivity index (χ4n) is 4.29. The molecule has 0 spiro atoms. The van der Waals surface area contributed by atoms with Crippen LogP contribution < -0.4 is 10.9 Å². The van der Waals surface area contributed by atoms with Crippen molar-refractivity contribution < 1.29 is 23.1 Å². The third-order valence-electron chi connectivity index (χ3n) is 6.22. The van der Waals surface area contributed by atoms with Crippen LogP contribution in [0.3, 0.4) is 0 Å². The minimum atomic E-state index is -4.31. The number of amides is 1. The molecule has 1 atom stereocenters. The van der Waals surface area contributed by atoms with Gasteiger partial charge in [0, 0.05) is 36.5 Å². The quantitative estimate of drug-likeness (QED) is 0.326. The molecule has 4 rings (SSSR count). The third-order valence-corrected chi connectivity index (χ3v) is 6.22. The van der Waals surface area contributed by atoms with Crippen molar-refractivity contribution in [1.29, 1.82) is 0 Å². The fourth-order valence-corrected chi connectivity index (χ4v) is 4.29. The molecule has 0 unspecified atom stereocenters. The van der Waals surface area contributed by atoms with E-state index < -0.39 is 30.1 Å². The van der Waals surface area contributed by atoms with Crippen LogP contribution in [0.5, 0.6) is 0 Å². The molecule has 0 saturated heterocycles. The number of fused-ring (bicyclic) bond motifs is 1. The van der Waals surface area contributed by atoms with E-state index in [4.69, 9.17) is 0 Å². The Morgan fingerprint density at radius 1 is 1.08 bits per heavy atom. The largest absolute Gasteiger partial charge is 0.394 e. The smallest absolute Gasteiger partial charge is 0.389 e. The number of carbonyl (C=O) groups is 1. The Morgan fingerprint density at radius 3 is 2.45 bits per heavy atom. The molecule has 0 aliphatic rings. The molecule has 0 radical (unpaired) electrons. The molecule has 1 amide bonds. The molecule has 0 aliphatic heterocycles. The van der Waals surface area contributed by atoms with E-state index in [-0.39, 0.29) is 37.3 Å². The molecule has 10 heteroatoms. The first-order valence-corrected chi connectivity index (χ1v) is 12.3. The van der Waals surface area contributed by atoms with Crippen LogP contribution in [0.15, 0.2) is 71.8 Å². The fraction of sp³-hybridized carbons (Fsp3) is 0.321. The van der Waals surface area contributed by atoms with Gasteiger partial charge in [0.15, 0.2) is 0 Å². The van der Waals surface area contributed by atoms with E-state index >= 15 is 0 Å². The molecule has 4 aromatic rings. The highest BCUT2D eigenvalue weighted by Crippen LogP contribution is 2.23. The van der Waals surface area contributed by atoms with Crippen LogP contribution in [0, 0.1) is 6.92 Å². The molecule has 0 fully saturated rings. The summed E-state index contributed by atoms with van der Waals surface area (Å²) in [7, 11) is 0. The van der Waals surface area contributed by atoms with Gasteiger partial charge >= 0.3 is 6.18 Å².